The summed E-state index contributed by atoms with van der Waals surface area (Å²) in [6.07, 6.45) is 3.37. The first-order chi connectivity index (χ1) is 12.2. The lowest BCUT2D eigenvalue weighted by atomic mass is 10.2. The van der Waals surface area contributed by atoms with Gasteiger partial charge < -0.3 is 15.0 Å². The topological polar surface area (TPSA) is 50.3 Å². The molecule has 1 aliphatic rings. The van der Waals surface area contributed by atoms with Crippen molar-refractivity contribution in [2.75, 3.05) is 31.1 Å². The number of aromatic nitrogens is 2. The fourth-order valence-corrected chi connectivity index (χ4v) is 3.89. The predicted octanol–water partition coefficient (Wildman–Crippen LogP) is 3.25. The maximum absolute atomic E-state index is 13.4. The number of nitrogens with one attached hydrogen (secondary N) is 1. The molecule has 1 aliphatic heterocycles. The Hall–Kier alpha value is -2.03. The van der Waals surface area contributed by atoms with E-state index in [-0.39, 0.29) is 18.4 Å². The first kappa shape index (κ1) is 18.8. The van der Waals surface area contributed by atoms with Crippen molar-refractivity contribution in [1.29, 1.82) is 0 Å². The molecule has 0 spiro atoms. The Morgan fingerprint density at radius 2 is 2.15 bits per heavy atom. The van der Waals surface area contributed by atoms with Crippen LogP contribution in [-0.4, -0.2) is 42.3 Å². The van der Waals surface area contributed by atoms with Gasteiger partial charge in [0.25, 0.3) is 0 Å². The van der Waals surface area contributed by atoms with Gasteiger partial charge in [0.1, 0.15) is 12.4 Å². The molecule has 0 unspecified atom stereocenters. The molecule has 2 aromatic heterocycles. The highest BCUT2D eigenvalue weighted by molar-refractivity contribution is 7.22. The van der Waals surface area contributed by atoms with E-state index in [1.54, 1.807) is 12.4 Å². The Morgan fingerprint density at radius 1 is 1.31 bits per heavy atom. The zero-order chi connectivity index (χ0) is 17.2. The van der Waals surface area contributed by atoms with Crippen LogP contribution in [0.25, 0.3) is 10.2 Å². The van der Waals surface area contributed by atoms with E-state index in [0.717, 1.165) is 30.8 Å². The van der Waals surface area contributed by atoms with Crippen molar-refractivity contribution in [1.82, 2.24) is 15.3 Å². The third-order valence-corrected chi connectivity index (χ3v) is 5.15. The summed E-state index contributed by atoms with van der Waals surface area (Å²) in [6.45, 7) is 2.80. The van der Waals surface area contributed by atoms with Gasteiger partial charge in [-0.1, -0.05) is 11.3 Å². The number of ether oxygens (including phenoxy) is 1. The number of rotatable bonds is 4. The van der Waals surface area contributed by atoms with Crippen molar-refractivity contribution in [3.05, 3.63) is 48.3 Å². The molecule has 138 valence electrons. The molecule has 1 saturated heterocycles. The van der Waals surface area contributed by atoms with E-state index in [2.05, 4.69) is 20.2 Å². The fraction of sp³-hybridized carbons (Fsp3) is 0.294. The van der Waals surface area contributed by atoms with Gasteiger partial charge in [-0.3, -0.25) is 4.98 Å². The Bertz CT molecular complexity index is 841. The second-order valence-corrected chi connectivity index (χ2v) is 6.79. The van der Waals surface area contributed by atoms with Crippen molar-refractivity contribution >= 4 is 39.1 Å². The average molecular weight is 399 g/mol. The summed E-state index contributed by atoms with van der Waals surface area (Å²) in [5, 5.41) is 4.09. The van der Waals surface area contributed by atoms with Crippen LogP contribution in [0.4, 0.5) is 13.9 Å². The molecule has 1 atom stereocenters. The van der Waals surface area contributed by atoms with Crippen molar-refractivity contribution in [2.45, 2.75) is 6.04 Å². The SMILES string of the molecule is Cl.Fc1cc2nc(N3CCNC[C@@H]3COc3cccnc3)sc2cc1F. The molecule has 3 heterocycles. The molecule has 1 N–H and O–H groups in total. The normalized spacial score (nSPS) is 17.2. The van der Waals surface area contributed by atoms with Gasteiger partial charge in [0.05, 0.1) is 22.5 Å². The number of hydrogen-bond donors (Lipinski definition) is 1. The molecule has 5 nitrogen and oxygen atoms in total. The first-order valence-electron chi connectivity index (χ1n) is 7.96. The van der Waals surface area contributed by atoms with E-state index in [9.17, 15) is 8.78 Å². The van der Waals surface area contributed by atoms with Crippen molar-refractivity contribution in [2.24, 2.45) is 0 Å². The average Bonchev–Trinajstić information content (AvgIpc) is 3.04. The van der Waals surface area contributed by atoms with Gasteiger partial charge >= 0.3 is 0 Å². The molecule has 26 heavy (non-hydrogen) atoms. The fourth-order valence-electron chi connectivity index (χ4n) is 2.82. The summed E-state index contributed by atoms with van der Waals surface area (Å²) in [4.78, 5) is 10.7. The van der Waals surface area contributed by atoms with Gasteiger partial charge in [0.2, 0.25) is 0 Å². The van der Waals surface area contributed by atoms with Crippen molar-refractivity contribution < 1.29 is 13.5 Å². The lowest BCUT2D eigenvalue weighted by Gasteiger charge is -2.35. The third kappa shape index (κ3) is 3.87. The van der Waals surface area contributed by atoms with Crippen LogP contribution in [0.1, 0.15) is 0 Å². The Morgan fingerprint density at radius 3 is 2.96 bits per heavy atom. The summed E-state index contributed by atoms with van der Waals surface area (Å²) in [5.74, 6) is -1.01. The van der Waals surface area contributed by atoms with Crippen LogP contribution in [0.15, 0.2) is 36.7 Å². The van der Waals surface area contributed by atoms with E-state index in [0.29, 0.717) is 22.6 Å². The second-order valence-electron chi connectivity index (χ2n) is 5.78. The molecule has 0 amide bonds. The maximum Gasteiger partial charge on any atom is 0.186 e. The minimum Gasteiger partial charge on any atom is -0.490 e. The molecule has 1 fully saturated rings. The van der Waals surface area contributed by atoms with Gasteiger partial charge in [0.15, 0.2) is 16.8 Å². The molecule has 3 aromatic rings. The van der Waals surface area contributed by atoms with Gasteiger partial charge in [0, 0.05) is 31.9 Å². The number of thiazole rings is 1. The lowest BCUT2D eigenvalue weighted by molar-refractivity contribution is 0.266. The number of fused-ring (bicyclic) bond motifs is 1. The Labute approximate surface area is 159 Å². The number of piperazine rings is 1. The standard InChI is InChI=1S/C17H16F2N4OS.ClH/c18-13-6-15-16(7-14(13)19)25-17(22-15)23-5-4-21-8-11(23)10-24-12-2-1-3-20-9-12;/h1-3,6-7,9,11,21H,4-5,8,10H2;1H/t11-;/m1./s1. The zero-order valence-electron chi connectivity index (χ0n) is 13.7. The molecule has 0 bridgehead atoms. The highest BCUT2D eigenvalue weighted by Crippen LogP contribution is 2.31. The smallest absolute Gasteiger partial charge is 0.186 e. The van der Waals surface area contributed by atoms with Crippen molar-refractivity contribution in [3.63, 3.8) is 0 Å². The van der Waals surface area contributed by atoms with Crippen molar-refractivity contribution in [3.8, 4) is 5.75 Å². The molecular weight excluding hydrogens is 382 g/mol. The third-order valence-electron chi connectivity index (χ3n) is 4.09. The zero-order valence-corrected chi connectivity index (χ0v) is 15.3. The summed E-state index contributed by atoms with van der Waals surface area (Å²) in [6, 6.07) is 6.10. The maximum atomic E-state index is 13.4. The molecule has 0 radical (unpaired) electrons. The van der Waals surface area contributed by atoms with Crippen LogP contribution in [0.3, 0.4) is 0 Å². The van der Waals surface area contributed by atoms with Crippen LogP contribution in [0, 0.1) is 11.6 Å². The highest BCUT2D eigenvalue weighted by Gasteiger charge is 2.26. The Balaban J connectivity index is 0.00000196. The van der Waals surface area contributed by atoms with Crippen LogP contribution in [0.5, 0.6) is 5.75 Å². The van der Waals surface area contributed by atoms with Crippen LogP contribution < -0.4 is 15.0 Å². The summed E-state index contributed by atoms with van der Waals surface area (Å²) >= 11 is 1.36. The molecule has 9 heteroatoms. The van der Waals surface area contributed by atoms with E-state index in [1.807, 2.05) is 12.1 Å². The van der Waals surface area contributed by atoms with Crippen LogP contribution in [0.2, 0.25) is 0 Å². The summed E-state index contributed by atoms with van der Waals surface area (Å²) in [5.41, 5.74) is 0.476. The number of benzene rings is 1. The lowest BCUT2D eigenvalue weighted by Crippen LogP contribution is -2.54. The van der Waals surface area contributed by atoms with Crippen LogP contribution in [-0.2, 0) is 0 Å². The quantitative estimate of drug-likeness (QED) is 0.731. The highest BCUT2D eigenvalue weighted by atomic mass is 35.5. The minimum absolute atomic E-state index is 0. The molecule has 0 saturated carbocycles. The van der Waals surface area contributed by atoms with Gasteiger partial charge in [-0.2, -0.15) is 0 Å². The Kier molecular flexibility index (Phi) is 5.85. The number of pyridine rings is 1. The van der Waals surface area contributed by atoms with E-state index in [4.69, 9.17) is 4.74 Å². The molecule has 1 aromatic carbocycles. The monoisotopic (exact) mass is 398 g/mol. The van der Waals surface area contributed by atoms with Gasteiger partial charge in [-0.25, -0.2) is 13.8 Å². The largest absolute Gasteiger partial charge is 0.490 e. The number of anilines is 1. The van der Waals surface area contributed by atoms with Gasteiger partial charge in [-0.05, 0) is 18.2 Å². The molecule has 4 rings (SSSR count). The minimum atomic E-state index is -0.874. The number of hydrogen-bond acceptors (Lipinski definition) is 6. The first-order valence-corrected chi connectivity index (χ1v) is 8.78. The summed E-state index contributed by atoms with van der Waals surface area (Å²) in [7, 11) is 0. The van der Waals surface area contributed by atoms with E-state index < -0.39 is 11.6 Å². The van der Waals surface area contributed by atoms with Crippen LogP contribution >= 0.6 is 23.7 Å². The second kappa shape index (κ2) is 8.11. The number of halogens is 3. The number of nitrogens with zero attached hydrogens (tertiary/aromatic N) is 3. The predicted molar refractivity (Wildman–Crippen MR) is 101 cm³/mol. The van der Waals surface area contributed by atoms with E-state index in [1.165, 1.54) is 17.4 Å². The summed E-state index contributed by atoms with van der Waals surface area (Å²) < 4.78 is 33.3. The molecular formula is C17H17ClF2N4OS. The van der Waals surface area contributed by atoms with E-state index >= 15 is 0 Å². The van der Waals surface area contributed by atoms with Gasteiger partial charge in [-0.15, -0.1) is 12.4 Å². The molecule has 0 aliphatic carbocycles.